The standard InChI is InChI=1S/C16H22N2O2/c1-12(19)15-6-5-14(10-17)9-16(15)18(2)7-8-20-11-13-3-4-13/h5-6,9,12-13,19H,3-4,7-8,11H2,1-2H3/t12-/m0/s1. The van der Waals surface area contributed by atoms with Gasteiger partial charge < -0.3 is 14.7 Å². The second kappa shape index (κ2) is 6.74. The third kappa shape index (κ3) is 3.96. The Morgan fingerprint density at radius 2 is 2.25 bits per heavy atom. The molecular weight excluding hydrogens is 252 g/mol. The van der Waals surface area contributed by atoms with Gasteiger partial charge in [0.2, 0.25) is 0 Å². The van der Waals surface area contributed by atoms with Gasteiger partial charge in [-0.3, -0.25) is 0 Å². The lowest BCUT2D eigenvalue weighted by atomic mass is 10.0. The summed E-state index contributed by atoms with van der Waals surface area (Å²) in [6.45, 7) is 4.02. The summed E-state index contributed by atoms with van der Waals surface area (Å²) in [5.41, 5.74) is 2.35. The van der Waals surface area contributed by atoms with E-state index in [4.69, 9.17) is 10.00 Å². The molecule has 0 aliphatic heterocycles. The van der Waals surface area contributed by atoms with Crippen LogP contribution in [-0.2, 0) is 4.74 Å². The fraction of sp³-hybridized carbons (Fsp3) is 0.562. The third-order valence-corrected chi connectivity index (χ3v) is 3.64. The van der Waals surface area contributed by atoms with Gasteiger partial charge in [-0.05, 0) is 37.8 Å². The number of likely N-dealkylation sites (N-methyl/N-ethyl adjacent to an activating group) is 1. The molecule has 108 valence electrons. The highest BCUT2D eigenvalue weighted by Crippen LogP contribution is 2.29. The highest BCUT2D eigenvalue weighted by atomic mass is 16.5. The number of aliphatic hydroxyl groups excluding tert-OH is 1. The monoisotopic (exact) mass is 274 g/mol. The Hall–Kier alpha value is -1.57. The van der Waals surface area contributed by atoms with E-state index in [0.717, 1.165) is 30.3 Å². The molecule has 1 aromatic carbocycles. The van der Waals surface area contributed by atoms with Gasteiger partial charge in [0.15, 0.2) is 0 Å². The van der Waals surface area contributed by atoms with Crippen LogP contribution in [0.5, 0.6) is 0 Å². The van der Waals surface area contributed by atoms with Crippen molar-refractivity contribution >= 4 is 5.69 Å². The second-order valence-corrected chi connectivity index (χ2v) is 5.50. The Kier molecular flexibility index (Phi) is 4.99. The number of rotatable bonds is 7. The van der Waals surface area contributed by atoms with Crippen molar-refractivity contribution in [1.82, 2.24) is 0 Å². The van der Waals surface area contributed by atoms with Crippen LogP contribution < -0.4 is 4.90 Å². The first-order chi connectivity index (χ1) is 9.61. The topological polar surface area (TPSA) is 56.5 Å². The Balaban J connectivity index is 1.98. The molecule has 1 N–H and O–H groups in total. The highest BCUT2D eigenvalue weighted by molar-refractivity contribution is 5.58. The number of nitriles is 1. The fourth-order valence-corrected chi connectivity index (χ4v) is 2.15. The SMILES string of the molecule is C[C@H](O)c1ccc(C#N)cc1N(C)CCOCC1CC1. The molecule has 0 spiro atoms. The molecule has 1 atom stereocenters. The number of hydrogen-bond acceptors (Lipinski definition) is 4. The van der Waals surface area contributed by atoms with Crippen LogP contribution in [0.1, 0.15) is 37.0 Å². The third-order valence-electron chi connectivity index (χ3n) is 3.64. The molecule has 0 unspecified atom stereocenters. The molecule has 4 nitrogen and oxygen atoms in total. The van der Waals surface area contributed by atoms with Gasteiger partial charge in [0.05, 0.1) is 24.3 Å². The fourth-order valence-electron chi connectivity index (χ4n) is 2.15. The minimum absolute atomic E-state index is 0.549. The smallest absolute Gasteiger partial charge is 0.0992 e. The molecule has 0 aromatic heterocycles. The zero-order valence-corrected chi connectivity index (χ0v) is 12.2. The van der Waals surface area contributed by atoms with E-state index in [1.807, 2.05) is 24.1 Å². The molecule has 0 bridgehead atoms. The first-order valence-corrected chi connectivity index (χ1v) is 7.13. The summed E-state index contributed by atoms with van der Waals surface area (Å²) >= 11 is 0. The summed E-state index contributed by atoms with van der Waals surface area (Å²) in [6, 6.07) is 7.52. The van der Waals surface area contributed by atoms with Crippen molar-refractivity contribution in [2.45, 2.75) is 25.9 Å². The predicted octanol–water partition coefficient (Wildman–Crippen LogP) is 2.47. The molecule has 0 saturated heterocycles. The van der Waals surface area contributed by atoms with Gasteiger partial charge in [0.1, 0.15) is 0 Å². The first kappa shape index (κ1) is 14.8. The zero-order valence-electron chi connectivity index (χ0n) is 12.2. The van der Waals surface area contributed by atoms with Crippen molar-refractivity contribution in [2.24, 2.45) is 5.92 Å². The van der Waals surface area contributed by atoms with Crippen molar-refractivity contribution in [2.75, 3.05) is 31.7 Å². The summed E-state index contributed by atoms with van der Waals surface area (Å²) in [4.78, 5) is 2.04. The average molecular weight is 274 g/mol. The summed E-state index contributed by atoms with van der Waals surface area (Å²) < 4.78 is 5.64. The first-order valence-electron chi connectivity index (χ1n) is 7.13. The molecular formula is C16H22N2O2. The van der Waals surface area contributed by atoms with Crippen molar-refractivity contribution in [3.8, 4) is 6.07 Å². The molecule has 2 rings (SSSR count). The van der Waals surface area contributed by atoms with Crippen LogP contribution in [0, 0.1) is 17.2 Å². The molecule has 0 amide bonds. The molecule has 4 heteroatoms. The minimum Gasteiger partial charge on any atom is -0.389 e. The van der Waals surface area contributed by atoms with Crippen LogP contribution >= 0.6 is 0 Å². The highest BCUT2D eigenvalue weighted by Gasteiger charge is 2.21. The average Bonchev–Trinajstić information content (AvgIpc) is 3.26. The number of benzene rings is 1. The number of ether oxygens (including phenoxy) is 1. The van der Waals surface area contributed by atoms with Gasteiger partial charge in [0.25, 0.3) is 0 Å². The normalized spacial score (nSPS) is 15.7. The Labute approximate surface area is 120 Å². The van der Waals surface area contributed by atoms with E-state index < -0.39 is 6.10 Å². The number of anilines is 1. The van der Waals surface area contributed by atoms with E-state index in [2.05, 4.69) is 6.07 Å². The van der Waals surface area contributed by atoms with Crippen LogP contribution in [0.3, 0.4) is 0 Å². The lowest BCUT2D eigenvalue weighted by Crippen LogP contribution is -2.24. The van der Waals surface area contributed by atoms with Crippen LogP contribution in [0.2, 0.25) is 0 Å². The summed E-state index contributed by atoms with van der Waals surface area (Å²) in [7, 11) is 1.96. The maximum Gasteiger partial charge on any atom is 0.0992 e. The van der Waals surface area contributed by atoms with Gasteiger partial charge >= 0.3 is 0 Å². The number of nitrogens with zero attached hydrogens (tertiary/aromatic N) is 2. The maximum absolute atomic E-state index is 9.83. The number of aliphatic hydroxyl groups is 1. The van der Waals surface area contributed by atoms with Crippen molar-refractivity contribution in [1.29, 1.82) is 5.26 Å². The molecule has 1 saturated carbocycles. The molecule has 0 heterocycles. The van der Waals surface area contributed by atoms with Crippen LogP contribution in [0.4, 0.5) is 5.69 Å². The zero-order chi connectivity index (χ0) is 14.5. The van der Waals surface area contributed by atoms with E-state index in [9.17, 15) is 5.11 Å². The second-order valence-electron chi connectivity index (χ2n) is 5.50. The maximum atomic E-state index is 9.83. The van der Waals surface area contributed by atoms with Gasteiger partial charge in [-0.25, -0.2) is 0 Å². The summed E-state index contributed by atoms with van der Waals surface area (Å²) in [5.74, 6) is 0.773. The molecule has 1 aliphatic carbocycles. The molecule has 1 aromatic rings. The van der Waals surface area contributed by atoms with Crippen LogP contribution in [-0.4, -0.2) is 31.9 Å². The minimum atomic E-state index is -0.549. The molecule has 1 aliphatic rings. The van der Waals surface area contributed by atoms with E-state index in [0.29, 0.717) is 12.2 Å². The predicted molar refractivity (Wildman–Crippen MR) is 78.6 cm³/mol. The van der Waals surface area contributed by atoms with Crippen LogP contribution in [0.25, 0.3) is 0 Å². The quantitative estimate of drug-likeness (QED) is 0.776. The number of hydrogen-bond donors (Lipinski definition) is 1. The van der Waals surface area contributed by atoms with E-state index in [1.54, 1.807) is 13.0 Å². The summed E-state index contributed by atoms with van der Waals surface area (Å²) in [5, 5.41) is 18.8. The Morgan fingerprint density at radius 3 is 2.85 bits per heavy atom. The molecule has 0 radical (unpaired) electrons. The largest absolute Gasteiger partial charge is 0.389 e. The van der Waals surface area contributed by atoms with E-state index in [-0.39, 0.29) is 0 Å². The van der Waals surface area contributed by atoms with E-state index in [1.165, 1.54) is 12.8 Å². The Bertz CT molecular complexity index is 490. The summed E-state index contributed by atoms with van der Waals surface area (Å²) in [6.07, 6.45) is 2.05. The van der Waals surface area contributed by atoms with Crippen LogP contribution in [0.15, 0.2) is 18.2 Å². The van der Waals surface area contributed by atoms with Gasteiger partial charge in [-0.15, -0.1) is 0 Å². The Morgan fingerprint density at radius 1 is 1.50 bits per heavy atom. The van der Waals surface area contributed by atoms with Crippen molar-refractivity contribution in [3.63, 3.8) is 0 Å². The lowest BCUT2D eigenvalue weighted by Gasteiger charge is -2.24. The lowest BCUT2D eigenvalue weighted by molar-refractivity contribution is 0.130. The molecule has 20 heavy (non-hydrogen) atoms. The van der Waals surface area contributed by atoms with Crippen molar-refractivity contribution < 1.29 is 9.84 Å². The van der Waals surface area contributed by atoms with Crippen molar-refractivity contribution in [3.05, 3.63) is 29.3 Å². The van der Waals surface area contributed by atoms with Gasteiger partial charge in [-0.1, -0.05) is 6.07 Å². The van der Waals surface area contributed by atoms with Gasteiger partial charge in [-0.2, -0.15) is 5.26 Å². The van der Waals surface area contributed by atoms with Gasteiger partial charge in [0, 0.05) is 31.5 Å². The molecule has 1 fully saturated rings. The van der Waals surface area contributed by atoms with E-state index >= 15 is 0 Å².